The van der Waals surface area contributed by atoms with Gasteiger partial charge in [-0.3, -0.25) is 0 Å². The van der Waals surface area contributed by atoms with E-state index in [0.29, 0.717) is 17.4 Å². The molecule has 25 heavy (non-hydrogen) atoms. The van der Waals surface area contributed by atoms with Gasteiger partial charge in [0.15, 0.2) is 11.5 Å². The fourth-order valence-corrected chi connectivity index (χ4v) is 3.11. The summed E-state index contributed by atoms with van der Waals surface area (Å²) in [6, 6.07) is 7.74. The van der Waals surface area contributed by atoms with Gasteiger partial charge in [-0.25, -0.2) is 4.98 Å². The second-order valence-corrected chi connectivity index (χ2v) is 6.29. The highest BCUT2D eigenvalue weighted by Gasteiger charge is 2.13. The van der Waals surface area contributed by atoms with Crippen LogP contribution in [0.3, 0.4) is 0 Å². The number of methoxy groups -OCH3 is 2. The Morgan fingerprint density at radius 3 is 2.32 bits per heavy atom. The number of aromatic nitrogens is 2. The van der Waals surface area contributed by atoms with Crippen molar-refractivity contribution < 1.29 is 9.47 Å². The zero-order valence-corrected chi connectivity index (χ0v) is 15.2. The highest BCUT2D eigenvalue weighted by molar-refractivity contribution is 5.61. The third-order valence-corrected chi connectivity index (χ3v) is 4.41. The molecule has 0 spiro atoms. The number of ether oxygens (including phenoxy) is 2. The largest absolute Gasteiger partial charge is 0.493 e. The molecule has 1 saturated heterocycles. The van der Waals surface area contributed by atoms with Gasteiger partial charge in [-0.05, 0) is 31.9 Å². The lowest BCUT2D eigenvalue weighted by molar-refractivity contribution is 0.355. The molecule has 0 unspecified atom stereocenters. The van der Waals surface area contributed by atoms with Gasteiger partial charge in [-0.15, -0.1) is 0 Å². The number of benzene rings is 1. The molecular formula is C19H26N4O2. The van der Waals surface area contributed by atoms with Gasteiger partial charge < -0.3 is 19.7 Å². The van der Waals surface area contributed by atoms with Crippen molar-refractivity contribution in [1.82, 2.24) is 9.97 Å². The first-order valence-electron chi connectivity index (χ1n) is 8.79. The maximum absolute atomic E-state index is 5.36. The highest BCUT2D eigenvalue weighted by Crippen LogP contribution is 2.31. The van der Waals surface area contributed by atoms with Crippen LogP contribution in [-0.4, -0.2) is 37.3 Å². The lowest BCUT2D eigenvalue weighted by atomic mass is 10.2. The molecule has 0 saturated carbocycles. The summed E-state index contributed by atoms with van der Waals surface area (Å²) in [5.41, 5.74) is 1.82. The molecule has 1 aromatic carbocycles. The first-order chi connectivity index (χ1) is 12.2. The molecule has 6 nitrogen and oxygen atoms in total. The Morgan fingerprint density at radius 1 is 0.920 bits per heavy atom. The van der Waals surface area contributed by atoms with Gasteiger partial charge in [0.05, 0.1) is 14.2 Å². The van der Waals surface area contributed by atoms with E-state index in [2.05, 4.69) is 21.3 Å². The standard InChI is InChI=1S/C19H26N4O2/c1-14-12-18(23-10-6-4-5-7-11-23)22-19(20-14)21-15-8-9-16(24-2)17(13-15)25-3/h8-9,12-13H,4-7,10-11H2,1-3H3,(H,20,21,22). The van der Waals surface area contributed by atoms with Crippen LogP contribution in [-0.2, 0) is 0 Å². The predicted molar refractivity (Wildman–Crippen MR) is 100 cm³/mol. The van der Waals surface area contributed by atoms with E-state index in [1.54, 1.807) is 14.2 Å². The van der Waals surface area contributed by atoms with E-state index >= 15 is 0 Å². The summed E-state index contributed by atoms with van der Waals surface area (Å²) < 4.78 is 10.6. The molecule has 6 heteroatoms. The SMILES string of the molecule is COc1ccc(Nc2nc(C)cc(N3CCCCCC3)n2)cc1OC. The number of nitrogens with zero attached hydrogens (tertiary/aromatic N) is 3. The molecule has 1 aliphatic heterocycles. The Bertz CT molecular complexity index is 713. The minimum atomic E-state index is 0.603. The molecule has 0 aliphatic carbocycles. The van der Waals surface area contributed by atoms with E-state index in [1.165, 1.54) is 25.7 Å². The zero-order valence-electron chi connectivity index (χ0n) is 15.2. The van der Waals surface area contributed by atoms with E-state index in [-0.39, 0.29) is 0 Å². The van der Waals surface area contributed by atoms with Gasteiger partial charge >= 0.3 is 0 Å². The van der Waals surface area contributed by atoms with E-state index in [1.807, 2.05) is 25.1 Å². The number of nitrogens with one attached hydrogen (secondary N) is 1. The van der Waals surface area contributed by atoms with Gasteiger partial charge in [-0.1, -0.05) is 12.8 Å². The summed E-state index contributed by atoms with van der Waals surface area (Å²) in [7, 11) is 3.25. The lowest BCUT2D eigenvalue weighted by Gasteiger charge is -2.22. The molecule has 0 atom stereocenters. The monoisotopic (exact) mass is 342 g/mol. The van der Waals surface area contributed by atoms with Crippen molar-refractivity contribution in [3.05, 3.63) is 30.0 Å². The van der Waals surface area contributed by atoms with Crippen LogP contribution in [0.4, 0.5) is 17.5 Å². The number of anilines is 3. The Kier molecular flexibility index (Phi) is 5.58. The van der Waals surface area contributed by atoms with Crippen molar-refractivity contribution in [3.8, 4) is 11.5 Å². The second kappa shape index (κ2) is 8.05. The van der Waals surface area contributed by atoms with Crippen LogP contribution < -0.4 is 19.7 Å². The average molecular weight is 342 g/mol. The van der Waals surface area contributed by atoms with Gasteiger partial charge in [-0.2, -0.15) is 4.98 Å². The molecule has 1 aromatic heterocycles. The van der Waals surface area contributed by atoms with Crippen molar-refractivity contribution in [2.45, 2.75) is 32.6 Å². The van der Waals surface area contributed by atoms with Crippen LogP contribution in [0.25, 0.3) is 0 Å². The summed E-state index contributed by atoms with van der Waals surface area (Å²) in [5, 5.41) is 3.28. The molecular weight excluding hydrogens is 316 g/mol. The molecule has 134 valence electrons. The van der Waals surface area contributed by atoms with E-state index < -0.39 is 0 Å². The molecule has 3 rings (SSSR count). The Balaban J connectivity index is 1.82. The number of aryl methyl sites for hydroxylation is 1. The topological polar surface area (TPSA) is 59.5 Å². The number of rotatable bonds is 5. The summed E-state index contributed by atoms with van der Waals surface area (Å²) >= 11 is 0. The maximum atomic E-state index is 5.36. The molecule has 0 radical (unpaired) electrons. The van der Waals surface area contributed by atoms with Gasteiger partial charge in [0.25, 0.3) is 0 Å². The molecule has 0 bridgehead atoms. The second-order valence-electron chi connectivity index (χ2n) is 6.29. The zero-order chi connectivity index (χ0) is 17.6. The molecule has 2 aromatic rings. The molecule has 2 heterocycles. The third-order valence-electron chi connectivity index (χ3n) is 4.41. The summed E-state index contributed by atoms with van der Waals surface area (Å²) in [4.78, 5) is 11.6. The smallest absolute Gasteiger partial charge is 0.229 e. The molecule has 1 fully saturated rings. The van der Waals surface area contributed by atoms with Crippen LogP contribution in [0.15, 0.2) is 24.3 Å². The van der Waals surface area contributed by atoms with Crippen molar-refractivity contribution in [2.24, 2.45) is 0 Å². The van der Waals surface area contributed by atoms with Crippen LogP contribution >= 0.6 is 0 Å². The van der Waals surface area contributed by atoms with Crippen molar-refractivity contribution in [1.29, 1.82) is 0 Å². The van der Waals surface area contributed by atoms with Crippen LogP contribution in [0, 0.1) is 6.92 Å². The summed E-state index contributed by atoms with van der Waals surface area (Å²) in [6.45, 7) is 4.13. The minimum Gasteiger partial charge on any atom is -0.493 e. The van der Waals surface area contributed by atoms with Crippen molar-refractivity contribution >= 4 is 17.5 Å². The highest BCUT2D eigenvalue weighted by atomic mass is 16.5. The average Bonchev–Trinajstić information content (AvgIpc) is 2.90. The fraction of sp³-hybridized carbons (Fsp3) is 0.474. The Morgan fingerprint density at radius 2 is 1.64 bits per heavy atom. The maximum Gasteiger partial charge on any atom is 0.229 e. The first kappa shape index (κ1) is 17.3. The van der Waals surface area contributed by atoms with Gasteiger partial charge in [0.1, 0.15) is 5.82 Å². The van der Waals surface area contributed by atoms with E-state index in [4.69, 9.17) is 14.5 Å². The van der Waals surface area contributed by atoms with E-state index in [9.17, 15) is 0 Å². The number of hydrogen-bond acceptors (Lipinski definition) is 6. The third kappa shape index (κ3) is 4.32. The quantitative estimate of drug-likeness (QED) is 0.888. The Hall–Kier alpha value is -2.50. The molecule has 1 aliphatic rings. The Labute approximate surface area is 149 Å². The van der Waals surface area contributed by atoms with Crippen LogP contribution in [0.5, 0.6) is 11.5 Å². The summed E-state index contributed by atoms with van der Waals surface area (Å²) in [5.74, 6) is 2.97. The predicted octanol–water partition coefficient (Wildman–Crippen LogP) is 3.93. The minimum absolute atomic E-state index is 0.603. The normalized spacial score (nSPS) is 14.8. The summed E-state index contributed by atoms with van der Waals surface area (Å²) in [6.07, 6.45) is 5.05. The number of hydrogen-bond donors (Lipinski definition) is 1. The molecule has 0 amide bonds. The van der Waals surface area contributed by atoms with Crippen LogP contribution in [0.1, 0.15) is 31.4 Å². The van der Waals surface area contributed by atoms with Crippen molar-refractivity contribution in [2.75, 3.05) is 37.5 Å². The van der Waals surface area contributed by atoms with Crippen molar-refractivity contribution in [3.63, 3.8) is 0 Å². The fourth-order valence-electron chi connectivity index (χ4n) is 3.11. The molecule has 1 N–H and O–H groups in total. The van der Waals surface area contributed by atoms with Gasteiger partial charge in [0, 0.05) is 36.6 Å². The lowest BCUT2D eigenvalue weighted by Crippen LogP contribution is -2.25. The van der Waals surface area contributed by atoms with Crippen LogP contribution in [0.2, 0.25) is 0 Å². The van der Waals surface area contributed by atoms with E-state index in [0.717, 1.165) is 30.3 Å². The van der Waals surface area contributed by atoms with Gasteiger partial charge in [0.2, 0.25) is 5.95 Å². The first-order valence-corrected chi connectivity index (χ1v) is 8.79.